The highest BCUT2D eigenvalue weighted by Gasteiger charge is 2.51. The van der Waals surface area contributed by atoms with Gasteiger partial charge in [-0.1, -0.05) is 13.8 Å². The van der Waals surface area contributed by atoms with E-state index in [4.69, 9.17) is 4.74 Å². The van der Waals surface area contributed by atoms with Crippen molar-refractivity contribution in [3.63, 3.8) is 0 Å². The molecule has 1 N–H and O–H groups in total. The molecule has 0 aliphatic heterocycles. The van der Waals surface area contributed by atoms with Crippen LogP contribution in [-0.4, -0.2) is 22.8 Å². The molecule has 0 aromatic heterocycles. The second kappa shape index (κ2) is 3.78. The van der Waals surface area contributed by atoms with Crippen LogP contribution >= 0.6 is 0 Å². The first kappa shape index (κ1) is 10.9. The smallest absolute Gasteiger partial charge is 0.308 e. The lowest BCUT2D eigenvalue weighted by Crippen LogP contribution is -2.31. The molecule has 0 saturated heterocycles. The molecule has 0 aromatic rings. The van der Waals surface area contributed by atoms with Gasteiger partial charge in [-0.2, -0.15) is 0 Å². The van der Waals surface area contributed by atoms with E-state index in [2.05, 4.69) is 0 Å². The Labute approximate surface area is 90.8 Å². The zero-order chi connectivity index (χ0) is 11.1. The summed E-state index contributed by atoms with van der Waals surface area (Å²) in [4.78, 5) is 11.6. The number of aliphatic hydroxyl groups is 1. The van der Waals surface area contributed by atoms with Gasteiger partial charge >= 0.3 is 5.97 Å². The van der Waals surface area contributed by atoms with E-state index < -0.39 is 5.60 Å². The lowest BCUT2D eigenvalue weighted by Gasteiger charge is -2.26. The fraction of sp³-hybridized carbons (Fsp3) is 0.917. The van der Waals surface area contributed by atoms with Gasteiger partial charge in [-0.05, 0) is 31.6 Å². The molecule has 3 nitrogen and oxygen atoms in total. The molecule has 86 valence electrons. The summed E-state index contributed by atoms with van der Waals surface area (Å²) in [6, 6.07) is 0. The van der Waals surface area contributed by atoms with E-state index in [0.717, 1.165) is 25.7 Å². The zero-order valence-corrected chi connectivity index (χ0v) is 9.53. The van der Waals surface area contributed by atoms with Crippen molar-refractivity contribution >= 4 is 5.97 Å². The van der Waals surface area contributed by atoms with Crippen LogP contribution in [0.1, 0.15) is 46.0 Å². The van der Waals surface area contributed by atoms with E-state index in [-0.39, 0.29) is 18.0 Å². The Bertz CT molecular complexity index is 264. The first-order valence-electron chi connectivity index (χ1n) is 5.97. The van der Waals surface area contributed by atoms with E-state index >= 15 is 0 Å². The average Bonchev–Trinajstić information content (AvgIpc) is 2.71. The number of rotatable bonds is 3. The number of carbonyl (C=O) groups is 1. The van der Waals surface area contributed by atoms with Crippen molar-refractivity contribution in [2.24, 2.45) is 11.8 Å². The molecule has 2 aliphatic rings. The molecule has 0 heterocycles. The molecule has 4 unspecified atom stereocenters. The maximum absolute atomic E-state index is 11.6. The second-order valence-corrected chi connectivity index (χ2v) is 5.22. The minimum Gasteiger partial charge on any atom is -0.462 e. The van der Waals surface area contributed by atoms with Crippen LogP contribution < -0.4 is 0 Å². The van der Waals surface area contributed by atoms with Crippen molar-refractivity contribution in [1.29, 1.82) is 0 Å². The van der Waals surface area contributed by atoms with E-state index in [1.807, 2.05) is 13.8 Å². The molecule has 3 heteroatoms. The largest absolute Gasteiger partial charge is 0.462 e. The number of hydrogen-bond acceptors (Lipinski definition) is 3. The van der Waals surface area contributed by atoms with Crippen LogP contribution in [0.15, 0.2) is 0 Å². The topological polar surface area (TPSA) is 46.5 Å². The summed E-state index contributed by atoms with van der Waals surface area (Å²) in [6.07, 6.45) is 4.17. The fourth-order valence-corrected chi connectivity index (χ4v) is 2.76. The number of carbonyl (C=O) groups excluding carboxylic acids is 1. The lowest BCUT2D eigenvalue weighted by molar-refractivity contribution is -0.157. The molecule has 2 fully saturated rings. The minimum atomic E-state index is -0.523. The summed E-state index contributed by atoms with van der Waals surface area (Å²) in [5, 5.41) is 10.0. The Kier molecular flexibility index (Phi) is 2.75. The molecule has 4 atom stereocenters. The maximum atomic E-state index is 11.6. The molecule has 0 spiro atoms. The van der Waals surface area contributed by atoms with Crippen LogP contribution in [0.2, 0.25) is 0 Å². The van der Waals surface area contributed by atoms with E-state index in [0.29, 0.717) is 12.3 Å². The Balaban J connectivity index is 1.90. The van der Waals surface area contributed by atoms with Gasteiger partial charge < -0.3 is 9.84 Å². The predicted octanol–water partition coefficient (Wildman–Crippen LogP) is 1.88. The van der Waals surface area contributed by atoms with Crippen LogP contribution in [0.3, 0.4) is 0 Å². The molecular formula is C12H20O3. The van der Waals surface area contributed by atoms with E-state index in [1.54, 1.807) is 0 Å². The number of ether oxygens (including phenoxy) is 1. The zero-order valence-electron chi connectivity index (χ0n) is 9.53. The van der Waals surface area contributed by atoms with Gasteiger partial charge in [0.05, 0.1) is 11.5 Å². The van der Waals surface area contributed by atoms with E-state index in [9.17, 15) is 9.90 Å². The van der Waals surface area contributed by atoms with Gasteiger partial charge in [-0.15, -0.1) is 0 Å². The minimum absolute atomic E-state index is 0.0150. The highest BCUT2D eigenvalue weighted by atomic mass is 16.5. The van der Waals surface area contributed by atoms with Gasteiger partial charge in [0.1, 0.15) is 6.10 Å². The molecule has 2 aliphatic carbocycles. The first-order chi connectivity index (χ1) is 7.04. The predicted molar refractivity (Wildman–Crippen MR) is 56.2 cm³/mol. The standard InChI is InChI=1S/C12H20O3/c1-3-8(2)11(13)15-10-7-12(14)5-4-9(10)6-12/h8-10,14H,3-7H2,1-2H3. The van der Waals surface area contributed by atoms with Crippen molar-refractivity contribution in [2.75, 3.05) is 0 Å². The van der Waals surface area contributed by atoms with Gasteiger partial charge in [-0.25, -0.2) is 0 Å². The maximum Gasteiger partial charge on any atom is 0.308 e. The van der Waals surface area contributed by atoms with E-state index in [1.165, 1.54) is 0 Å². The third-order valence-corrected chi connectivity index (χ3v) is 4.01. The molecule has 0 aromatic carbocycles. The number of fused-ring (bicyclic) bond motifs is 2. The van der Waals surface area contributed by atoms with Crippen molar-refractivity contribution in [1.82, 2.24) is 0 Å². The van der Waals surface area contributed by atoms with Crippen molar-refractivity contribution < 1.29 is 14.6 Å². The Morgan fingerprint density at radius 3 is 2.80 bits per heavy atom. The van der Waals surface area contributed by atoms with Crippen LogP contribution in [-0.2, 0) is 9.53 Å². The van der Waals surface area contributed by atoms with Gasteiger partial charge in [0.15, 0.2) is 0 Å². The van der Waals surface area contributed by atoms with Crippen LogP contribution in [0.5, 0.6) is 0 Å². The fourth-order valence-electron chi connectivity index (χ4n) is 2.76. The third-order valence-electron chi connectivity index (χ3n) is 4.01. The molecule has 2 rings (SSSR count). The molecule has 15 heavy (non-hydrogen) atoms. The average molecular weight is 212 g/mol. The highest BCUT2D eigenvalue weighted by Crippen LogP contribution is 2.49. The summed E-state index contributed by atoms with van der Waals surface area (Å²) in [5.74, 6) is 0.292. The normalized spacial score (nSPS) is 40.5. The summed E-state index contributed by atoms with van der Waals surface area (Å²) < 4.78 is 5.46. The van der Waals surface area contributed by atoms with Gasteiger partial charge in [0.2, 0.25) is 0 Å². The summed E-state index contributed by atoms with van der Waals surface area (Å²) in [7, 11) is 0. The summed E-state index contributed by atoms with van der Waals surface area (Å²) >= 11 is 0. The SMILES string of the molecule is CCC(C)C(=O)OC1CC2(O)CCC1C2. The van der Waals surface area contributed by atoms with Crippen molar-refractivity contribution in [2.45, 2.75) is 57.7 Å². The first-order valence-corrected chi connectivity index (χ1v) is 5.97. The number of esters is 1. The third kappa shape index (κ3) is 2.03. The second-order valence-electron chi connectivity index (χ2n) is 5.22. The highest BCUT2D eigenvalue weighted by molar-refractivity contribution is 5.72. The number of hydrogen-bond donors (Lipinski definition) is 1. The Hall–Kier alpha value is -0.570. The van der Waals surface area contributed by atoms with Crippen molar-refractivity contribution in [3.05, 3.63) is 0 Å². The lowest BCUT2D eigenvalue weighted by atomic mass is 9.95. The molecule has 2 bridgehead atoms. The monoisotopic (exact) mass is 212 g/mol. The molecule has 0 radical (unpaired) electrons. The summed E-state index contributed by atoms with van der Waals surface area (Å²) in [5.41, 5.74) is -0.523. The van der Waals surface area contributed by atoms with Crippen molar-refractivity contribution in [3.8, 4) is 0 Å². The molecule has 2 saturated carbocycles. The quantitative estimate of drug-likeness (QED) is 0.726. The van der Waals surface area contributed by atoms with Crippen LogP contribution in [0.4, 0.5) is 0 Å². The summed E-state index contributed by atoms with van der Waals surface area (Å²) in [6.45, 7) is 3.88. The Morgan fingerprint density at radius 2 is 2.33 bits per heavy atom. The molecule has 0 amide bonds. The Morgan fingerprint density at radius 1 is 1.60 bits per heavy atom. The van der Waals surface area contributed by atoms with Gasteiger partial charge in [0, 0.05) is 6.42 Å². The van der Waals surface area contributed by atoms with Gasteiger partial charge in [0.25, 0.3) is 0 Å². The van der Waals surface area contributed by atoms with Gasteiger partial charge in [-0.3, -0.25) is 4.79 Å². The van der Waals surface area contributed by atoms with Crippen LogP contribution in [0.25, 0.3) is 0 Å². The molecular weight excluding hydrogens is 192 g/mol. The van der Waals surface area contributed by atoms with Crippen LogP contribution in [0, 0.1) is 11.8 Å².